The highest BCUT2D eigenvalue weighted by Gasteiger charge is 2.19. The van der Waals surface area contributed by atoms with E-state index in [-0.39, 0.29) is 41.6 Å². The van der Waals surface area contributed by atoms with Gasteiger partial charge in [0.25, 0.3) is 25.8 Å². The van der Waals surface area contributed by atoms with E-state index in [0.29, 0.717) is 16.0 Å². The van der Waals surface area contributed by atoms with Crippen molar-refractivity contribution >= 4 is 37.0 Å². The summed E-state index contributed by atoms with van der Waals surface area (Å²) in [5.74, 6) is 0. The number of fused-ring (bicyclic) bond motifs is 1. The van der Waals surface area contributed by atoms with E-state index in [4.69, 9.17) is 8.37 Å². The zero-order chi connectivity index (χ0) is 27.3. The smallest absolute Gasteiger partial charge is 0.297 e. The van der Waals surface area contributed by atoms with E-state index >= 15 is 0 Å². The Bertz CT molecular complexity index is 1550. The van der Waals surface area contributed by atoms with Crippen molar-refractivity contribution in [2.45, 2.75) is 23.6 Å². The van der Waals surface area contributed by atoms with Gasteiger partial charge in [0.05, 0.1) is 23.0 Å². The van der Waals surface area contributed by atoms with Crippen LogP contribution in [0.25, 0.3) is 11.0 Å². The lowest BCUT2D eigenvalue weighted by Crippen LogP contribution is -2.34. The molecule has 0 amide bonds. The minimum Gasteiger partial charge on any atom is -0.594 e. The predicted molar refractivity (Wildman–Crippen MR) is 139 cm³/mol. The molecule has 200 valence electrons. The zero-order valence-corrected chi connectivity index (χ0v) is 22.4. The highest BCUT2D eigenvalue weighted by atomic mass is 32.2. The van der Waals surface area contributed by atoms with Crippen LogP contribution in [0.4, 0.5) is 5.69 Å². The van der Waals surface area contributed by atoms with Crippen LogP contribution in [0, 0.1) is 19.1 Å². The lowest BCUT2D eigenvalue weighted by molar-refractivity contribution is -0.643. The zero-order valence-electron chi connectivity index (χ0n) is 20.7. The molecular weight excluding hydrogens is 532 g/mol. The molecule has 11 nitrogen and oxygen atoms in total. The lowest BCUT2D eigenvalue weighted by Gasteiger charge is -2.24. The Labute approximate surface area is 221 Å². The summed E-state index contributed by atoms with van der Waals surface area (Å²) < 4.78 is 60.9. The van der Waals surface area contributed by atoms with Gasteiger partial charge in [-0.2, -0.15) is 16.8 Å². The van der Waals surface area contributed by atoms with E-state index in [0.717, 1.165) is 17.5 Å². The molecule has 13 heteroatoms. The number of aromatic nitrogens is 3. The fraction of sp³-hybridized carbons (Fsp3) is 0.240. The Morgan fingerprint density at radius 2 is 1.29 bits per heavy atom. The maximum atomic E-state index is 12.6. The minimum absolute atomic E-state index is 0.0254. The molecule has 1 aromatic heterocycles. The molecular formula is C25H26N4O7S2. The first kappa shape index (κ1) is 27.4. The molecule has 0 unspecified atom stereocenters. The Morgan fingerprint density at radius 1 is 0.789 bits per heavy atom. The molecule has 0 aliphatic heterocycles. The second kappa shape index (κ2) is 11.4. The van der Waals surface area contributed by atoms with E-state index in [1.165, 1.54) is 30.3 Å². The molecule has 0 saturated carbocycles. The summed E-state index contributed by atoms with van der Waals surface area (Å²) in [6.45, 7) is 3.32. The van der Waals surface area contributed by atoms with Gasteiger partial charge in [-0.3, -0.25) is 8.37 Å². The number of aryl methyl sites for hydroxylation is 2. The van der Waals surface area contributed by atoms with Gasteiger partial charge in [-0.1, -0.05) is 35.4 Å². The highest BCUT2D eigenvalue weighted by molar-refractivity contribution is 7.87. The molecule has 1 heterocycles. The van der Waals surface area contributed by atoms with Gasteiger partial charge < -0.3 is 10.1 Å². The molecule has 0 atom stereocenters. The van der Waals surface area contributed by atoms with Crippen LogP contribution in [-0.2, 0) is 28.6 Å². The van der Waals surface area contributed by atoms with E-state index in [1.807, 2.05) is 13.8 Å². The average Bonchev–Trinajstić information content (AvgIpc) is 2.88. The van der Waals surface area contributed by atoms with Gasteiger partial charge in [0.15, 0.2) is 6.33 Å². The lowest BCUT2D eigenvalue weighted by atomic mass is 10.2. The minimum atomic E-state index is -4.01. The van der Waals surface area contributed by atoms with Crippen molar-refractivity contribution in [3.63, 3.8) is 0 Å². The van der Waals surface area contributed by atoms with Gasteiger partial charge >= 0.3 is 0 Å². The monoisotopic (exact) mass is 558 g/mol. The molecule has 0 aliphatic rings. The molecule has 0 fully saturated rings. The molecule has 38 heavy (non-hydrogen) atoms. The predicted octanol–water partition coefficient (Wildman–Crippen LogP) is 2.50. The Kier molecular flexibility index (Phi) is 8.21. The van der Waals surface area contributed by atoms with Crippen molar-refractivity contribution in [3.8, 4) is 0 Å². The topological polar surface area (TPSA) is 143 Å². The van der Waals surface area contributed by atoms with Crippen LogP contribution in [0.2, 0.25) is 0 Å². The van der Waals surface area contributed by atoms with Gasteiger partial charge in [0, 0.05) is 29.9 Å². The first-order chi connectivity index (χ1) is 18.0. The fourth-order valence-corrected chi connectivity index (χ4v) is 5.40. The van der Waals surface area contributed by atoms with Crippen molar-refractivity contribution in [1.29, 1.82) is 0 Å². The number of hydrogen-bond acceptors (Lipinski definition) is 10. The van der Waals surface area contributed by atoms with Crippen LogP contribution >= 0.6 is 0 Å². The van der Waals surface area contributed by atoms with Crippen molar-refractivity contribution in [1.82, 2.24) is 10.1 Å². The molecule has 0 aliphatic carbocycles. The summed E-state index contributed by atoms with van der Waals surface area (Å²) >= 11 is 0. The summed E-state index contributed by atoms with van der Waals surface area (Å²) in [5, 5.41) is 15.7. The number of benzene rings is 3. The normalized spacial score (nSPS) is 12.1. The average molecular weight is 559 g/mol. The third-order valence-corrected chi connectivity index (χ3v) is 8.36. The van der Waals surface area contributed by atoms with Gasteiger partial charge in [-0.15, -0.1) is 0 Å². The van der Waals surface area contributed by atoms with E-state index in [9.17, 15) is 22.0 Å². The number of rotatable bonds is 11. The Morgan fingerprint density at radius 3 is 1.79 bits per heavy atom. The van der Waals surface area contributed by atoms with Crippen LogP contribution in [0.15, 0.2) is 82.8 Å². The van der Waals surface area contributed by atoms with Crippen molar-refractivity contribution < 1.29 is 30.0 Å². The molecule has 4 rings (SSSR count). The summed E-state index contributed by atoms with van der Waals surface area (Å²) in [4.78, 5) is 6.18. The summed E-state index contributed by atoms with van der Waals surface area (Å²) in [6.07, 6.45) is 1.14. The summed E-state index contributed by atoms with van der Waals surface area (Å²) in [7, 11) is -8.02. The third-order valence-electron chi connectivity index (χ3n) is 5.70. The molecule has 0 radical (unpaired) electrons. The van der Waals surface area contributed by atoms with Gasteiger partial charge in [-0.05, 0) is 55.1 Å². The van der Waals surface area contributed by atoms with E-state index in [1.54, 1.807) is 41.3 Å². The van der Waals surface area contributed by atoms with Crippen molar-refractivity contribution in [3.05, 3.63) is 89.4 Å². The third kappa shape index (κ3) is 6.61. The number of anilines is 1. The molecule has 0 N–H and O–H groups in total. The quantitative estimate of drug-likeness (QED) is 0.153. The van der Waals surface area contributed by atoms with Gasteiger partial charge in [0.1, 0.15) is 5.52 Å². The van der Waals surface area contributed by atoms with Crippen LogP contribution in [-0.4, -0.2) is 53.2 Å². The number of hydrogen-bond donors (Lipinski definition) is 0. The standard InChI is InChI=1S/C25H26N4O7S2/c1-19-3-8-22(9-4-19)37(31,32)35-15-13-28(21-7-12-24-25(17-21)29(30)27-18-26-24)14-16-36-38(33,34)23-10-5-20(2)6-11-23/h3-12,17-18H,13-16H2,1-2H3. The van der Waals surface area contributed by atoms with Crippen LogP contribution in [0.3, 0.4) is 0 Å². The second-order valence-electron chi connectivity index (χ2n) is 8.47. The Hall–Kier alpha value is -3.65. The fourth-order valence-electron chi connectivity index (χ4n) is 3.60. The molecule has 0 bridgehead atoms. The van der Waals surface area contributed by atoms with Crippen molar-refractivity contribution in [2.75, 3.05) is 31.2 Å². The molecule has 0 saturated heterocycles. The maximum Gasteiger partial charge on any atom is 0.297 e. The SMILES string of the molecule is Cc1ccc(S(=O)(=O)OCCN(CCOS(=O)(=O)c2ccc(C)cc2)c2ccc3ncn[n+]([O-])c3c2)cc1. The summed E-state index contributed by atoms with van der Waals surface area (Å²) in [6, 6.07) is 17.3. The van der Waals surface area contributed by atoms with Crippen LogP contribution in [0.1, 0.15) is 11.1 Å². The van der Waals surface area contributed by atoms with Crippen LogP contribution in [0.5, 0.6) is 0 Å². The van der Waals surface area contributed by atoms with Crippen molar-refractivity contribution in [2.24, 2.45) is 0 Å². The maximum absolute atomic E-state index is 12.6. The first-order valence-electron chi connectivity index (χ1n) is 11.6. The first-order valence-corrected chi connectivity index (χ1v) is 14.4. The largest absolute Gasteiger partial charge is 0.594 e. The molecule has 0 spiro atoms. The molecule has 4 aromatic rings. The van der Waals surface area contributed by atoms with E-state index in [2.05, 4.69) is 10.1 Å². The van der Waals surface area contributed by atoms with Crippen LogP contribution < -0.4 is 9.75 Å². The molecule has 3 aromatic carbocycles. The Balaban J connectivity index is 1.50. The van der Waals surface area contributed by atoms with E-state index < -0.39 is 20.2 Å². The second-order valence-corrected chi connectivity index (χ2v) is 11.7. The number of nitrogens with zero attached hydrogens (tertiary/aromatic N) is 4. The summed E-state index contributed by atoms with van der Waals surface area (Å²) in [5.41, 5.74) is 2.93. The van der Waals surface area contributed by atoms with Gasteiger partial charge in [0.2, 0.25) is 0 Å². The van der Waals surface area contributed by atoms with Gasteiger partial charge in [-0.25, -0.2) is 4.98 Å². The highest BCUT2D eigenvalue weighted by Crippen LogP contribution is 2.20.